The van der Waals surface area contributed by atoms with Gasteiger partial charge in [-0.1, -0.05) is 25.5 Å². The number of fused-ring (bicyclic) bond motifs is 5. The van der Waals surface area contributed by atoms with Crippen molar-refractivity contribution in [3.8, 4) is 0 Å². The first-order chi connectivity index (χ1) is 20.4. The number of hydrogen-bond donors (Lipinski definition) is 7. The molecule has 0 spiro atoms. The number of aliphatic hydroxyl groups excluding tert-OH is 7. The van der Waals surface area contributed by atoms with Crippen molar-refractivity contribution < 1.29 is 54.7 Å². The summed E-state index contributed by atoms with van der Waals surface area (Å²) >= 11 is 0. The van der Waals surface area contributed by atoms with Gasteiger partial charge in [-0.3, -0.25) is 0 Å². The van der Waals surface area contributed by atoms with Crippen molar-refractivity contribution in [2.45, 2.75) is 140 Å². The third-order valence-electron chi connectivity index (χ3n) is 12.7. The minimum atomic E-state index is -1.45. The molecule has 0 aromatic carbocycles. The molecular formula is C32H52O11. The maximum atomic E-state index is 10.6. The van der Waals surface area contributed by atoms with E-state index in [1.165, 1.54) is 5.57 Å². The summed E-state index contributed by atoms with van der Waals surface area (Å²) in [5.41, 5.74) is 1.58. The summed E-state index contributed by atoms with van der Waals surface area (Å²) < 4.78 is 23.6. The fourth-order valence-corrected chi connectivity index (χ4v) is 10.1. The molecule has 17 atom stereocenters. The summed E-state index contributed by atoms with van der Waals surface area (Å²) in [4.78, 5) is 0. The second-order valence-corrected chi connectivity index (χ2v) is 14.8. The van der Waals surface area contributed by atoms with Crippen LogP contribution >= 0.6 is 0 Å². The van der Waals surface area contributed by atoms with Crippen LogP contribution in [0.4, 0.5) is 0 Å². The monoisotopic (exact) mass is 612 g/mol. The van der Waals surface area contributed by atoms with Gasteiger partial charge in [0.2, 0.25) is 0 Å². The van der Waals surface area contributed by atoms with E-state index in [4.69, 9.17) is 18.9 Å². The zero-order chi connectivity index (χ0) is 30.8. The second-order valence-electron chi connectivity index (χ2n) is 14.8. The number of rotatable bonds is 6. The molecule has 11 heteroatoms. The van der Waals surface area contributed by atoms with Gasteiger partial charge in [-0.25, -0.2) is 0 Å². The first-order valence-corrected chi connectivity index (χ1v) is 16.4. The Kier molecular flexibility index (Phi) is 9.11. The normalized spacial score (nSPS) is 54.2. The Hall–Kier alpha value is -0.700. The Morgan fingerprint density at radius 3 is 2.37 bits per heavy atom. The van der Waals surface area contributed by atoms with Crippen molar-refractivity contribution in [3.05, 3.63) is 11.6 Å². The Bertz CT molecular complexity index is 1020. The van der Waals surface area contributed by atoms with Gasteiger partial charge in [0.1, 0.15) is 42.7 Å². The molecule has 7 N–H and O–H groups in total. The van der Waals surface area contributed by atoms with Gasteiger partial charge in [0.25, 0.3) is 0 Å². The Labute approximate surface area is 253 Å². The maximum Gasteiger partial charge on any atom is 0.186 e. The highest BCUT2D eigenvalue weighted by atomic mass is 16.7. The molecule has 5 fully saturated rings. The van der Waals surface area contributed by atoms with E-state index in [9.17, 15) is 35.7 Å². The van der Waals surface area contributed by atoms with Crippen LogP contribution < -0.4 is 0 Å². The molecule has 0 radical (unpaired) electrons. The smallest absolute Gasteiger partial charge is 0.186 e. The topological polar surface area (TPSA) is 179 Å². The molecule has 0 bridgehead atoms. The highest BCUT2D eigenvalue weighted by molar-refractivity contribution is 5.25. The molecule has 2 heterocycles. The van der Waals surface area contributed by atoms with E-state index in [-0.39, 0.29) is 35.6 Å². The summed E-state index contributed by atoms with van der Waals surface area (Å²) in [6, 6.07) is 0. The van der Waals surface area contributed by atoms with E-state index in [0.29, 0.717) is 17.8 Å². The van der Waals surface area contributed by atoms with E-state index in [1.54, 1.807) is 0 Å². The number of aliphatic hydroxyl groups is 7. The first kappa shape index (κ1) is 32.2. The molecule has 2 saturated heterocycles. The molecule has 0 aromatic rings. The molecule has 3 saturated carbocycles. The first-order valence-electron chi connectivity index (χ1n) is 16.4. The lowest BCUT2D eigenvalue weighted by atomic mass is 9.47. The minimum absolute atomic E-state index is 0.0624. The van der Waals surface area contributed by atoms with Gasteiger partial charge in [0.05, 0.1) is 25.4 Å². The average molecular weight is 613 g/mol. The van der Waals surface area contributed by atoms with Gasteiger partial charge in [-0.05, 0) is 92.8 Å². The largest absolute Gasteiger partial charge is 0.394 e. The van der Waals surface area contributed by atoms with Crippen LogP contribution in [0.1, 0.15) is 72.1 Å². The number of hydrogen-bond acceptors (Lipinski definition) is 11. The van der Waals surface area contributed by atoms with Crippen LogP contribution in [-0.4, -0.2) is 116 Å². The number of allylic oxidation sites excluding steroid dienone is 1. The van der Waals surface area contributed by atoms with Crippen molar-refractivity contribution in [2.75, 3.05) is 13.2 Å². The van der Waals surface area contributed by atoms with Crippen LogP contribution in [0.25, 0.3) is 0 Å². The maximum absolute atomic E-state index is 10.6. The zero-order valence-electron chi connectivity index (χ0n) is 25.6. The van der Waals surface area contributed by atoms with Crippen LogP contribution in [0.2, 0.25) is 0 Å². The summed E-state index contributed by atoms with van der Waals surface area (Å²) in [7, 11) is 0. The van der Waals surface area contributed by atoms with Crippen molar-refractivity contribution in [3.63, 3.8) is 0 Å². The Morgan fingerprint density at radius 2 is 1.63 bits per heavy atom. The summed E-state index contributed by atoms with van der Waals surface area (Å²) in [5, 5.41) is 70.7. The van der Waals surface area contributed by atoms with Crippen LogP contribution in [0.3, 0.4) is 0 Å². The van der Waals surface area contributed by atoms with Crippen LogP contribution in [-0.2, 0) is 18.9 Å². The lowest BCUT2D eigenvalue weighted by Crippen LogP contribution is -2.60. The van der Waals surface area contributed by atoms with E-state index >= 15 is 0 Å². The molecule has 11 nitrogen and oxygen atoms in total. The fraction of sp³-hybridized carbons (Fsp3) is 0.938. The lowest BCUT2D eigenvalue weighted by molar-refractivity contribution is -0.315. The molecule has 2 aliphatic heterocycles. The molecule has 0 aromatic heterocycles. The van der Waals surface area contributed by atoms with Crippen LogP contribution in [0, 0.1) is 34.5 Å². The van der Waals surface area contributed by atoms with Gasteiger partial charge in [-0.2, -0.15) is 0 Å². The molecule has 0 unspecified atom stereocenters. The SMILES string of the molecule is C[C@@H](O[C@@H]1O[C@H](CO)[C@@H](O)[C@H](O)[C@H]1O)[C@H]1CC[C@H]2[C@@H]3CC=C4C[C@@H](O[C@@H]5OC[C@H](O)[C@H](O)[C@H]5O)CC[C@]4(C)[C@H]3CC[C@]12C. The highest BCUT2D eigenvalue weighted by Crippen LogP contribution is 2.67. The summed E-state index contributed by atoms with van der Waals surface area (Å²) in [5.74, 6) is 1.93. The summed E-state index contributed by atoms with van der Waals surface area (Å²) in [6.45, 7) is 6.28. The van der Waals surface area contributed by atoms with Gasteiger partial charge in [0, 0.05) is 0 Å². The lowest BCUT2D eigenvalue weighted by Gasteiger charge is -2.58. The fourth-order valence-electron chi connectivity index (χ4n) is 10.1. The molecule has 0 amide bonds. The van der Waals surface area contributed by atoms with Crippen molar-refractivity contribution in [1.29, 1.82) is 0 Å². The summed E-state index contributed by atoms with van der Waals surface area (Å²) in [6.07, 6.45) is -0.921. The Morgan fingerprint density at radius 1 is 0.884 bits per heavy atom. The highest BCUT2D eigenvalue weighted by Gasteiger charge is 2.60. The third-order valence-corrected chi connectivity index (χ3v) is 12.7. The van der Waals surface area contributed by atoms with E-state index in [2.05, 4.69) is 19.9 Å². The van der Waals surface area contributed by atoms with Crippen LogP contribution in [0.5, 0.6) is 0 Å². The van der Waals surface area contributed by atoms with Gasteiger partial charge >= 0.3 is 0 Å². The second kappa shape index (κ2) is 12.2. The van der Waals surface area contributed by atoms with E-state index in [1.807, 2.05) is 6.92 Å². The van der Waals surface area contributed by atoms with E-state index < -0.39 is 61.9 Å². The molecule has 246 valence electrons. The molecule has 6 rings (SSSR count). The van der Waals surface area contributed by atoms with E-state index in [0.717, 1.165) is 51.4 Å². The standard InChI is InChI=1S/C32H52O11/c1-15(41-30-28(39)26(37)25(36)23(13-33)43-30)19-6-7-20-18-5-4-16-12-17(42-29-27(38)24(35)22(34)14-40-29)8-10-31(16,2)21(18)9-11-32(19,20)3/h4,15,17-30,33-39H,5-14H2,1-3H3/t15-,17+,18+,19-,20+,21+,22+,23-,24+,25-,26+,27-,28-,29+,30-,31+,32-/m1/s1. The number of ether oxygens (including phenoxy) is 4. The molecule has 4 aliphatic carbocycles. The Balaban J connectivity index is 1.11. The predicted octanol–water partition coefficient (Wildman–Crippen LogP) is 0.595. The zero-order valence-corrected chi connectivity index (χ0v) is 25.6. The predicted molar refractivity (Wildman–Crippen MR) is 152 cm³/mol. The van der Waals surface area contributed by atoms with Gasteiger partial charge in [-0.15, -0.1) is 0 Å². The van der Waals surface area contributed by atoms with Gasteiger partial charge in [0.15, 0.2) is 12.6 Å². The van der Waals surface area contributed by atoms with Crippen molar-refractivity contribution in [1.82, 2.24) is 0 Å². The molecule has 6 aliphatic rings. The van der Waals surface area contributed by atoms with Gasteiger partial charge < -0.3 is 54.7 Å². The minimum Gasteiger partial charge on any atom is -0.394 e. The molecular weight excluding hydrogens is 560 g/mol. The van der Waals surface area contributed by atoms with Crippen LogP contribution in [0.15, 0.2) is 11.6 Å². The average Bonchev–Trinajstić information content (AvgIpc) is 3.35. The third kappa shape index (κ3) is 5.44. The quantitative estimate of drug-likeness (QED) is 0.209. The van der Waals surface area contributed by atoms with Crippen molar-refractivity contribution >= 4 is 0 Å². The van der Waals surface area contributed by atoms with Crippen molar-refractivity contribution in [2.24, 2.45) is 34.5 Å². The molecule has 43 heavy (non-hydrogen) atoms.